The molecule has 0 saturated heterocycles. The van der Waals surface area contributed by atoms with Gasteiger partial charge in [0.25, 0.3) is 0 Å². The Balaban J connectivity index is 1.32. The summed E-state index contributed by atoms with van der Waals surface area (Å²) < 4.78 is 0. The number of unbranched alkanes of at least 4 members (excludes halogenated alkanes) is 1. The Bertz CT molecular complexity index is 1760. The number of fused-ring (bicyclic) bond motifs is 2. The lowest BCUT2D eigenvalue weighted by atomic mass is 10.0. The van der Waals surface area contributed by atoms with E-state index in [1.165, 1.54) is 0 Å². The van der Waals surface area contributed by atoms with Crippen LogP contribution >= 0.6 is 0 Å². The van der Waals surface area contributed by atoms with E-state index in [4.69, 9.17) is 28.7 Å². The smallest absolute Gasteiger partial charge is 0.243 e. The molecule has 2 aromatic heterocycles. The zero-order valence-corrected chi connectivity index (χ0v) is 27.4. The molecule has 4 aromatic rings. The van der Waals surface area contributed by atoms with Gasteiger partial charge in [-0.3, -0.25) is 24.2 Å². The van der Waals surface area contributed by atoms with Gasteiger partial charge in [-0.05, 0) is 68.2 Å². The van der Waals surface area contributed by atoms with E-state index in [2.05, 4.69) is 30.9 Å². The van der Waals surface area contributed by atoms with E-state index in [0.717, 1.165) is 32.9 Å². The standard InChI is InChI=1S/C34H47N11O4/c35-24(16-20-18-42-26-10-3-1-8-22(20)26)31(47)40-14-6-5-12-29(33(49)44-28(30(37)46)13-7-15-41-34(38)39)45-32(48)25(36)17-21-19-43-27-11-4-2-9-23(21)27/h1-4,8-11,18-19,24-25,28-29,42-43H,5-7,12-17,35-36H2,(H2,37,46)(H,40,47)(H,44,49)(H,45,48)(H4,38,39,41)/t24-,25-,28-,29-/m0/s1. The molecule has 4 amide bonds. The molecule has 0 radical (unpaired) electrons. The van der Waals surface area contributed by atoms with Gasteiger partial charge in [0.05, 0.1) is 12.1 Å². The highest BCUT2D eigenvalue weighted by Gasteiger charge is 2.27. The number of carbonyl (C=O) groups is 4. The van der Waals surface area contributed by atoms with Gasteiger partial charge in [0.15, 0.2) is 5.96 Å². The first-order valence-corrected chi connectivity index (χ1v) is 16.4. The number of amides is 4. The van der Waals surface area contributed by atoms with Crippen LogP contribution in [0.4, 0.5) is 0 Å². The minimum Gasteiger partial charge on any atom is -0.370 e. The lowest BCUT2D eigenvalue weighted by Crippen LogP contribution is -2.55. The van der Waals surface area contributed by atoms with Crippen LogP contribution in [0.1, 0.15) is 43.2 Å². The number of para-hydroxylation sites is 2. The molecule has 2 aromatic carbocycles. The summed E-state index contributed by atoms with van der Waals surface area (Å²) in [5.41, 5.74) is 32.5. The molecule has 0 unspecified atom stereocenters. The van der Waals surface area contributed by atoms with Crippen molar-refractivity contribution in [3.05, 3.63) is 72.1 Å². The summed E-state index contributed by atoms with van der Waals surface area (Å²) in [6.07, 6.45) is 6.04. The molecule has 15 heteroatoms. The van der Waals surface area contributed by atoms with Crippen molar-refractivity contribution in [2.45, 2.75) is 69.1 Å². The summed E-state index contributed by atoms with van der Waals surface area (Å²) in [6, 6.07) is 11.8. The Kier molecular flexibility index (Phi) is 13.1. The van der Waals surface area contributed by atoms with Crippen molar-refractivity contribution >= 4 is 51.4 Å². The number of benzene rings is 2. The molecule has 49 heavy (non-hydrogen) atoms. The zero-order valence-electron chi connectivity index (χ0n) is 27.4. The highest BCUT2D eigenvalue weighted by atomic mass is 16.2. The number of nitrogens with zero attached hydrogens (tertiary/aromatic N) is 1. The summed E-state index contributed by atoms with van der Waals surface area (Å²) in [5.74, 6) is -2.21. The van der Waals surface area contributed by atoms with Gasteiger partial charge < -0.3 is 54.6 Å². The topological polar surface area (TPSA) is 278 Å². The van der Waals surface area contributed by atoms with Crippen molar-refractivity contribution in [3.63, 3.8) is 0 Å². The molecule has 0 fully saturated rings. The van der Waals surface area contributed by atoms with Gasteiger partial charge in [0, 0.05) is 47.3 Å². The van der Waals surface area contributed by atoms with E-state index >= 15 is 0 Å². The molecule has 15 nitrogen and oxygen atoms in total. The second kappa shape index (κ2) is 17.7. The number of hydrogen-bond donors (Lipinski definition) is 10. The van der Waals surface area contributed by atoms with Gasteiger partial charge >= 0.3 is 0 Å². The maximum absolute atomic E-state index is 13.4. The quantitative estimate of drug-likeness (QED) is 0.0363. The van der Waals surface area contributed by atoms with E-state index in [1.807, 2.05) is 60.9 Å². The minimum atomic E-state index is -1.01. The SMILES string of the molecule is NC(=O)[C@H](CCCN=C(N)N)NC(=O)[C@H](CCCCNC(=O)[C@@H](N)Cc1c[nH]c2ccccc12)NC(=O)[C@@H](N)Cc1c[nH]c2ccccc12. The van der Waals surface area contributed by atoms with Crippen molar-refractivity contribution in [1.82, 2.24) is 25.9 Å². The third-order valence-electron chi connectivity index (χ3n) is 8.36. The Morgan fingerprint density at radius 1 is 0.673 bits per heavy atom. The predicted octanol–water partition coefficient (Wildman–Crippen LogP) is -0.116. The zero-order chi connectivity index (χ0) is 35.3. The van der Waals surface area contributed by atoms with E-state index in [9.17, 15) is 19.2 Å². The van der Waals surface area contributed by atoms with Crippen LogP contribution in [0.2, 0.25) is 0 Å². The summed E-state index contributed by atoms with van der Waals surface area (Å²) in [6.45, 7) is 0.569. The van der Waals surface area contributed by atoms with Gasteiger partial charge in [-0.15, -0.1) is 0 Å². The number of carbonyl (C=O) groups excluding carboxylic acids is 4. The number of hydrogen-bond acceptors (Lipinski definition) is 7. The van der Waals surface area contributed by atoms with Crippen LogP contribution in [-0.2, 0) is 32.0 Å². The number of aromatic amines is 2. The fourth-order valence-corrected chi connectivity index (χ4v) is 5.69. The third-order valence-corrected chi connectivity index (χ3v) is 8.36. The van der Waals surface area contributed by atoms with Crippen LogP contribution in [0, 0.1) is 0 Å². The van der Waals surface area contributed by atoms with Crippen molar-refractivity contribution in [2.24, 2.45) is 33.7 Å². The maximum Gasteiger partial charge on any atom is 0.243 e. The molecule has 15 N–H and O–H groups in total. The van der Waals surface area contributed by atoms with Crippen molar-refractivity contribution in [2.75, 3.05) is 13.1 Å². The van der Waals surface area contributed by atoms with Crippen LogP contribution in [0.15, 0.2) is 65.9 Å². The van der Waals surface area contributed by atoms with Crippen LogP contribution in [0.25, 0.3) is 21.8 Å². The number of rotatable bonds is 19. The van der Waals surface area contributed by atoms with E-state index in [-0.39, 0.29) is 37.7 Å². The van der Waals surface area contributed by atoms with Gasteiger partial charge in [-0.1, -0.05) is 36.4 Å². The lowest BCUT2D eigenvalue weighted by molar-refractivity contribution is -0.132. The molecule has 4 atom stereocenters. The number of guanidine groups is 1. The van der Waals surface area contributed by atoms with E-state index in [1.54, 1.807) is 0 Å². The fraction of sp³-hybridized carbons (Fsp3) is 0.382. The van der Waals surface area contributed by atoms with E-state index in [0.29, 0.717) is 32.2 Å². The van der Waals surface area contributed by atoms with Crippen molar-refractivity contribution in [1.29, 1.82) is 0 Å². The first-order valence-electron chi connectivity index (χ1n) is 16.4. The number of nitrogens with one attached hydrogen (secondary N) is 5. The summed E-state index contributed by atoms with van der Waals surface area (Å²) in [5, 5.41) is 10.2. The summed E-state index contributed by atoms with van der Waals surface area (Å²) >= 11 is 0. The molecule has 2 heterocycles. The lowest BCUT2D eigenvalue weighted by Gasteiger charge is -2.23. The van der Waals surface area contributed by atoms with Gasteiger partial charge in [-0.25, -0.2) is 0 Å². The Morgan fingerprint density at radius 3 is 1.78 bits per heavy atom. The van der Waals surface area contributed by atoms with Crippen LogP contribution < -0.4 is 44.6 Å². The van der Waals surface area contributed by atoms with Crippen molar-refractivity contribution in [3.8, 4) is 0 Å². The monoisotopic (exact) mass is 673 g/mol. The summed E-state index contributed by atoms with van der Waals surface area (Å²) in [7, 11) is 0. The number of nitrogens with two attached hydrogens (primary N) is 5. The Hall–Kier alpha value is -5.41. The molecular weight excluding hydrogens is 626 g/mol. The average Bonchev–Trinajstić information content (AvgIpc) is 3.68. The van der Waals surface area contributed by atoms with Crippen LogP contribution in [0.5, 0.6) is 0 Å². The Morgan fingerprint density at radius 2 is 1.20 bits per heavy atom. The van der Waals surface area contributed by atoms with E-state index < -0.39 is 41.9 Å². The normalized spacial score (nSPS) is 13.7. The Labute approximate surface area is 284 Å². The first-order chi connectivity index (χ1) is 23.5. The third kappa shape index (κ3) is 10.5. The molecule has 0 saturated carbocycles. The highest BCUT2D eigenvalue weighted by Crippen LogP contribution is 2.20. The van der Waals surface area contributed by atoms with Crippen molar-refractivity contribution < 1.29 is 19.2 Å². The molecule has 0 bridgehead atoms. The first kappa shape index (κ1) is 36.4. The maximum atomic E-state index is 13.4. The largest absolute Gasteiger partial charge is 0.370 e. The number of aromatic nitrogens is 2. The van der Waals surface area contributed by atoms with Gasteiger partial charge in [0.1, 0.15) is 12.1 Å². The summed E-state index contributed by atoms with van der Waals surface area (Å²) in [4.78, 5) is 61.8. The molecular formula is C34H47N11O4. The second-order valence-corrected chi connectivity index (χ2v) is 12.1. The number of aliphatic imine (C=N–C) groups is 1. The van der Waals surface area contributed by atoms with Crippen LogP contribution in [0.3, 0.4) is 0 Å². The molecule has 0 aliphatic rings. The fourth-order valence-electron chi connectivity index (χ4n) is 5.69. The number of H-pyrrole nitrogens is 2. The molecule has 0 aliphatic heterocycles. The molecule has 4 rings (SSSR count). The molecule has 0 aliphatic carbocycles. The predicted molar refractivity (Wildman–Crippen MR) is 190 cm³/mol. The number of primary amides is 1. The molecule has 262 valence electrons. The van der Waals surface area contributed by atoms with Gasteiger partial charge in [-0.2, -0.15) is 0 Å². The second-order valence-electron chi connectivity index (χ2n) is 12.1. The van der Waals surface area contributed by atoms with Crippen LogP contribution in [-0.4, -0.2) is 76.8 Å². The average molecular weight is 674 g/mol. The highest BCUT2D eigenvalue weighted by molar-refractivity contribution is 5.93. The van der Waals surface area contributed by atoms with Gasteiger partial charge in [0.2, 0.25) is 23.6 Å². The molecule has 0 spiro atoms. The minimum absolute atomic E-state index is 0.0844.